The van der Waals surface area contributed by atoms with E-state index in [2.05, 4.69) is 41.1 Å². The van der Waals surface area contributed by atoms with Crippen LogP contribution in [0, 0.1) is 21.6 Å². The molecule has 0 unspecified atom stereocenters. The largest absolute Gasteiger partial charge is 0.497 e. The molecule has 3 rings (SSSR count). The van der Waals surface area contributed by atoms with Gasteiger partial charge in [-0.15, -0.1) is 5.54 Å². The maximum Gasteiger partial charge on any atom is 0.271 e. The summed E-state index contributed by atoms with van der Waals surface area (Å²) in [6, 6.07) is 10.2. The van der Waals surface area contributed by atoms with Gasteiger partial charge < -0.3 is 9.72 Å². The molecular formula is C19H19N3O3Si. The molecular weight excluding hydrogens is 346 g/mol. The van der Waals surface area contributed by atoms with Gasteiger partial charge >= 0.3 is 0 Å². The van der Waals surface area contributed by atoms with Crippen molar-refractivity contribution in [3.05, 3.63) is 52.1 Å². The number of benzene rings is 2. The quantitative estimate of drug-likeness (QED) is 0.323. The fraction of sp³-hybridized carbons (Fsp3) is 0.211. The molecule has 0 aliphatic carbocycles. The lowest BCUT2D eigenvalue weighted by Crippen LogP contribution is -2.16. The normalized spacial score (nSPS) is 11.1. The van der Waals surface area contributed by atoms with Crippen LogP contribution in [0.1, 0.15) is 5.56 Å². The summed E-state index contributed by atoms with van der Waals surface area (Å²) in [5, 5.41) is 11.0. The topological polar surface area (TPSA) is 81.1 Å². The van der Waals surface area contributed by atoms with E-state index in [1.165, 1.54) is 12.1 Å². The molecule has 0 aliphatic heterocycles. The molecule has 0 atom stereocenters. The number of hydrogen-bond donors (Lipinski definition) is 1. The summed E-state index contributed by atoms with van der Waals surface area (Å²) in [6.07, 6.45) is 0. The summed E-state index contributed by atoms with van der Waals surface area (Å²) >= 11 is 0. The van der Waals surface area contributed by atoms with Crippen molar-refractivity contribution in [2.45, 2.75) is 19.6 Å². The number of H-pyrrole nitrogens is 1. The Balaban J connectivity index is 2.14. The number of hydrogen-bond acceptors (Lipinski definition) is 4. The maximum absolute atomic E-state index is 11.0. The van der Waals surface area contributed by atoms with Crippen LogP contribution in [0.2, 0.25) is 19.6 Å². The molecule has 26 heavy (non-hydrogen) atoms. The average Bonchev–Trinajstić information content (AvgIpc) is 3.01. The third-order valence-corrected chi connectivity index (χ3v) is 4.61. The highest BCUT2D eigenvalue weighted by Gasteiger charge is 2.14. The van der Waals surface area contributed by atoms with Crippen molar-refractivity contribution in [3.8, 4) is 28.6 Å². The Labute approximate surface area is 152 Å². The van der Waals surface area contributed by atoms with Crippen LogP contribution in [0.25, 0.3) is 22.4 Å². The second-order valence-electron chi connectivity index (χ2n) is 6.96. The van der Waals surface area contributed by atoms with Crippen LogP contribution < -0.4 is 4.74 Å². The number of aromatic amines is 1. The molecule has 6 nitrogen and oxygen atoms in total. The van der Waals surface area contributed by atoms with Crippen molar-refractivity contribution in [2.24, 2.45) is 0 Å². The molecule has 0 aliphatic rings. The summed E-state index contributed by atoms with van der Waals surface area (Å²) in [5.74, 6) is 4.61. The van der Waals surface area contributed by atoms with E-state index in [0.29, 0.717) is 16.9 Å². The highest BCUT2D eigenvalue weighted by molar-refractivity contribution is 6.83. The van der Waals surface area contributed by atoms with E-state index in [-0.39, 0.29) is 5.69 Å². The Morgan fingerprint density at radius 3 is 2.62 bits per heavy atom. The number of fused-ring (bicyclic) bond motifs is 1. The lowest BCUT2D eigenvalue weighted by atomic mass is 10.1. The SMILES string of the molecule is COc1ccc(-c2nc3ccc([N+](=O)[O-])cc3[nH]2)c(C#C[Si](C)(C)C)c1. The molecule has 0 saturated carbocycles. The van der Waals surface area contributed by atoms with Crippen molar-refractivity contribution < 1.29 is 9.66 Å². The lowest BCUT2D eigenvalue weighted by molar-refractivity contribution is -0.384. The van der Waals surface area contributed by atoms with E-state index < -0.39 is 13.0 Å². The summed E-state index contributed by atoms with van der Waals surface area (Å²) in [6.45, 7) is 6.54. The van der Waals surface area contributed by atoms with Gasteiger partial charge in [-0.05, 0) is 24.3 Å². The van der Waals surface area contributed by atoms with Gasteiger partial charge in [0.15, 0.2) is 0 Å². The number of rotatable bonds is 3. The number of aromatic nitrogens is 2. The molecule has 0 fully saturated rings. The molecule has 7 heteroatoms. The fourth-order valence-corrected chi connectivity index (χ4v) is 2.96. The Morgan fingerprint density at radius 1 is 1.19 bits per heavy atom. The van der Waals surface area contributed by atoms with Gasteiger partial charge in [-0.3, -0.25) is 10.1 Å². The highest BCUT2D eigenvalue weighted by atomic mass is 28.3. The van der Waals surface area contributed by atoms with Gasteiger partial charge in [-0.2, -0.15) is 0 Å². The molecule has 2 aromatic carbocycles. The van der Waals surface area contributed by atoms with Crippen molar-refractivity contribution in [2.75, 3.05) is 7.11 Å². The van der Waals surface area contributed by atoms with E-state index in [4.69, 9.17) is 4.74 Å². The van der Waals surface area contributed by atoms with Crippen LogP contribution in [0.4, 0.5) is 5.69 Å². The third-order valence-electron chi connectivity index (χ3n) is 3.73. The van der Waals surface area contributed by atoms with E-state index in [0.717, 1.165) is 16.9 Å². The highest BCUT2D eigenvalue weighted by Crippen LogP contribution is 2.28. The second kappa shape index (κ2) is 6.65. The first-order valence-electron chi connectivity index (χ1n) is 8.12. The lowest BCUT2D eigenvalue weighted by Gasteiger charge is -2.07. The van der Waals surface area contributed by atoms with E-state index in [1.54, 1.807) is 13.2 Å². The number of nitrogens with zero attached hydrogens (tertiary/aromatic N) is 2. The first-order chi connectivity index (χ1) is 12.3. The smallest absolute Gasteiger partial charge is 0.271 e. The van der Waals surface area contributed by atoms with Gasteiger partial charge in [0.05, 0.1) is 23.1 Å². The molecule has 0 amide bonds. The molecule has 132 valence electrons. The van der Waals surface area contributed by atoms with Crippen LogP contribution in [0.5, 0.6) is 5.75 Å². The zero-order chi connectivity index (χ0) is 18.9. The summed E-state index contributed by atoms with van der Waals surface area (Å²) in [4.78, 5) is 18.3. The Hall–Kier alpha value is -3.11. The number of nitro groups is 1. The minimum Gasteiger partial charge on any atom is -0.497 e. The molecule has 3 aromatic rings. The molecule has 1 heterocycles. The summed E-state index contributed by atoms with van der Waals surface area (Å²) < 4.78 is 5.32. The van der Waals surface area contributed by atoms with Crippen LogP contribution in [-0.2, 0) is 0 Å². The first kappa shape index (κ1) is 17.7. The maximum atomic E-state index is 11.0. The number of imidazole rings is 1. The van der Waals surface area contributed by atoms with Crippen LogP contribution >= 0.6 is 0 Å². The fourth-order valence-electron chi connectivity index (χ4n) is 2.45. The standard InChI is InChI=1S/C19H19N3O3Si/c1-25-15-6-7-16(13(11-15)9-10-26(2,3)4)19-20-17-8-5-14(22(23)24)12-18(17)21-19/h5-8,11-12H,1-4H3,(H,20,21). The van der Waals surface area contributed by atoms with Gasteiger partial charge in [-0.25, -0.2) is 4.98 Å². The first-order valence-corrected chi connectivity index (χ1v) is 11.6. The monoisotopic (exact) mass is 365 g/mol. The van der Waals surface area contributed by atoms with Crippen molar-refractivity contribution in [1.82, 2.24) is 9.97 Å². The van der Waals surface area contributed by atoms with Crippen molar-refractivity contribution in [3.63, 3.8) is 0 Å². The van der Waals surface area contributed by atoms with Gasteiger partial charge in [0.25, 0.3) is 5.69 Å². The van der Waals surface area contributed by atoms with E-state index >= 15 is 0 Å². The Morgan fingerprint density at radius 2 is 1.96 bits per heavy atom. The third kappa shape index (κ3) is 3.76. The molecule has 0 radical (unpaired) electrons. The summed E-state index contributed by atoms with van der Waals surface area (Å²) in [7, 11) is 0.0653. The number of methoxy groups -OCH3 is 1. The molecule has 1 aromatic heterocycles. The zero-order valence-electron chi connectivity index (χ0n) is 15.1. The molecule has 1 N–H and O–H groups in total. The van der Waals surface area contributed by atoms with Gasteiger partial charge in [0.2, 0.25) is 0 Å². The van der Waals surface area contributed by atoms with Gasteiger partial charge in [0.1, 0.15) is 19.6 Å². The zero-order valence-corrected chi connectivity index (χ0v) is 16.1. The van der Waals surface area contributed by atoms with E-state index in [9.17, 15) is 10.1 Å². The van der Waals surface area contributed by atoms with Crippen LogP contribution in [-0.4, -0.2) is 30.1 Å². The number of nitro benzene ring substituents is 1. The van der Waals surface area contributed by atoms with E-state index in [1.807, 2.05) is 18.2 Å². The molecule has 0 spiro atoms. The van der Waals surface area contributed by atoms with Crippen LogP contribution in [0.15, 0.2) is 36.4 Å². The molecule has 0 saturated heterocycles. The predicted octanol–water partition coefficient (Wildman–Crippen LogP) is 4.38. The number of nitrogens with one attached hydrogen (secondary N) is 1. The molecule has 0 bridgehead atoms. The predicted molar refractivity (Wildman–Crippen MR) is 105 cm³/mol. The van der Waals surface area contributed by atoms with Crippen molar-refractivity contribution >= 4 is 24.8 Å². The Bertz CT molecular complexity index is 1060. The number of non-ortho nitro benzene ring substituents is 1. The van der Waals surface area contributed by atoms with Crippen molar-refractivity contribution in [1.29, 1.82) is 0 Å². The Kier molecular flexibility index (Phi) is 4.53. The van der Waals surface area contributed by atoms with Gasteiger partial charge in [-0.1, -0.05) is 25.6 Å². The van der Waals surface area contributed by atoms with Gasteiger partial charge in [0, 0.05) is 23.3 Å². The number of ether oxygens (including phenoxy) is 1. The summed E-state index contributed by atoms with van der Waals surface area (Å²) in [5.41, 5.74) is 6.34. The minimum absolute atomic E-state index is 0.0289. The second-order valence-corrected chi connectivity index (χ2v) is 11.7. The minimum atomic E-state index is -1.55. The van der Waals surface area contributed by atoms with Crippen LogP contribution in [0.3, 0.4) is 0 Å². The average molecular weight is 365 g/mol.